The monoisotopic (exact) mass is 405 g/mol. The van der Waals surface area contributed by atoms with Gasteiger partial charge in [0.05, 0.1) is 5.56 Å². The van der Waals surface area contributed by atoms with Crippen LogP contribution in [0.4, 0.5) is 9.80 Å². The zero-order chi connectivity index (χ0) is 20.0. The van der Waals surface area contributed by atoms with E-state index >= 15 is 0 Å². The Balaban J connectivity index is 1.32. The highest BCUT2D eigenvalue weighted by Crippen LogP contribution is 2.46. The Hall–Kier alpha value is -3.12. The molecule has 1 saturated carbocycles. The van der Waals surface area contributed by atoms with Crippen LogP contribution in [0.15, 0.2) is 54.6 Å². The molecular formula is C23H19NO4S. The van der Waals surface area contributed by atoms with Gasteiger partial charge in [-0.05, 0) is 47.1 Å². The molecule has 0 atom stereocenters. The fourth-order valence-electron chi connectivity index (χ4n) is 3.96. The molecule has 29 heavy (non-hydrogen) atoms. The number of anilines is 1. The fourth-order valence-corrected chi connectivity index (χ4v) is 5.16. The van der Waals surface area contributed by atoms with Crippen molar-refractivity contribution in [3.63, 3.8) is 0 Å². The second-order valence-electron chi connectivity index (χ2n) is 7.42. The molecular weight excluding hydrogens is 386 g/mol. The van der Waals surface area contributed by atoms with Crippen molar-refractivity contribution in [3.8, 4) is 11.1 Å². The van der Waals surface area contributed by atoms with Crippen LogP contribution in [0.2, 0.25) is 0 Å². The number of fused-ring (bicyclic) bond motifs is 3. The summed E-state index contributed by atoms with van der Waals surface area (Å²) in [5.41, 5.74) is 4.74. The lowest BCUT2D eigenvalue weighted by Crippen LogP contribution is -2.18. The summed E-state index contributed by atoms with van der Waals surface area (Å²) >= 11 is 1.33. The predicted molar refractivity (Wildman–Crippen MR) is 112 cm³/mol. The highest BCUT2D eigenvalue weighted by molar-refractivity contribution is 7.16. The van der Waals surface area contributed by atoms with Crippen LogP contribution in [0.5, 0.6) is 0 Å². The molecule has 1 heterocycles. The Morgan fingerprint density at radius 1 is 1.03 bits per heavy atom. The van der Waals surface area contributed by atoms with Crippen molar-refractivity contribution in [2.75, 3.05) is 11.9 Å². The van der Waals surface area contributed by atoms with Crippen LogP contribution in [0.1, 0.15) is 51.0 Å². The van der Waals surface area contributed by atoms with E-state index in [4.69, 9.17) is 4.74 Å². The molecule has 1 aromatic heterocycles. The topological polar surface area (TPSA) is 75.6 Å². The molecule has 1 amide bonds. The van der Waals surface area contributed by atoms with Gasteiger partial charge in [0, 0.05) is 10.8 Å². The summed E-state index contributed by atoms with van der Waals surface area (Å²) < 4.78 is 5.53. The second kappa shape index (κ2) is 7.04. The van der Waals surface area contributed by atoms with E-state index in [2.05, 4.69) is 29.6 Å². The molecule has 0 spiro atoms. The maximum atomic E-state index is 12.4. The molecule has 146 valence electrons. The van der Waals surface area contributed by atoms with Crippen molar-refractivity contribution in [1.82, 2.24) is 0 Å². The molecule has 2 aliphatic carbocycles. The van der Waals surface area contributed by atoms with Gasteiger partial charge in [-0.15, -0.1) is 11.3 Å². The molecule has 3 aromatic rings. The van der Waals surface area contributed by atoms with Gasteiger partial charge in [-0.25, -0.2) is 9.59 Å². The molecule has 0 radical (unpaired) electrons. The third kappa shape index (κ3) is 3.29. The SMILES string of the molecule is O=C(Nc1sc(C2CC2)cc1C(=O)O)OCC1c2ccccc2-c2ccccc21. The molecule has 2 aromatic carbocycles. The number of aromatic carboxylic acids is 1. The summed E-state index contributed by atoms with van der Waals surface area (Å²) in [6.45, 7) is 0.198. The smallest absolute Gasteiger partial charge is 0.412 e. The molecule has 5 nitrogen and oxygen atoms in total. The van der Waals surface area contributed by atoms with E-state index in [1.165, 1.54) is 11.3 Å². The number of carboxylic acid groups (broad SMARTS) is 1. The third-order valence-electron chi connectivity index (χ3n) is 5.52. The lowest BCUT2D eigenvalue weighted by molar-refractivity contribution is 0.0698. The summed E-state index contributed by atoms with van der Waals surface area (Å²) in [7, 11) is 0. The number of nitrogens with one attached hydrogen (secondary N) is 1. The minimum Gasteiger partial charge on any atom is -0.478 e. The number of amides is 1. The summed E-state index contributed by atoms with van der Waals surface area (Å²) in [5.74, 6) is -0.643. The number of benzene rings is 2. The average Bonchev–Trinajstić information content (AvgIpc) is 3.41. The molecule has 0 bridgehead atoms. The van der Waals surface area contributed by atoms with Gasteiger partial charge in [0.2, 0.25) is 0 Å². The van der Waals surface area contributed by atoms with Crippen molar-refractivity contribution >= 4 is 28.4 Å². The molecule has 1 fully saturated rings. The molecule has 0 saturated heterocycles. The Labute approximate surface area is 172 Å². The standard InChI is InChI=1S/C23H19NO4S/c25-22(26)18-11-20(13-9-10-13)29-21(18)24-23(27)28-12-19-16-7-3-1-5-14(16)15-6-2-4-8-17(15)19/h1-8,11,13,19H,9-10,12H2,(H,24,27)(H,25,26). The number of hydrogen-bond acceptors (Lipinski definition) is 4. The fraction of sp³-hybridized carbons (Fsp3) is 0.217. The van der Waals surface area contributed by atoms with Gasteiger partial charge >= 0.3 is 12.1 Å². The molecule has 2 aliphatic rings. The number of carboxylic acids is 1. The Morgan fingerprint density at radius 2 is 1.66 bits per heavy atom. The van der Waals surface area contributed by atoms with Crippen LogP contribution in [0.3, 0.4) is 0 Å². The van der Waals surface area contributed by atoms with E-state index < -0.39 is 12.1 Å². The first kappa shape index (κ1) is 17.9. The van der Waals surface area contributed by atoms with Crippen molar-refractivity contribution in [2.24, 2.45) is 0 Å². The van der Waals surface area contributed by atoms with Crippen molar-refractivity contribution in [1.29, 1.82) is 0 Å². The summed E-state index contributed by atoms with van der Waals surface area (Å²) in [4.78, 5) is 25.0. The van der Waals surface area contributed by atoms with Crippen molar-refractivity contribution < 1.29 is 19.4 Å². The minimum atomic E-state index is -1.04. The van der Waals surface area contributed by atoms with Crippen LogP contribution in [-0.4, -0.2) is 23.8 Å². The lowest BCUT2D eigenvalue weighted by atomic mass is 9.98. The highest BCUT2D eigenvalue weighted by Gasteiger charge is 2.30. The van der Waals surface area contributed by atoms with E-state index in [1.54, 1.807) is 6.07 Å². The van der Waals surface area contributed by atoms with Crippen LogP contribution in [0.25, 0.3) is 11.1 Å². The van der Waals surface area contributed by atoms with E-state index in [-0.39, 0.29) is 18.1 Å². The Morgan fingerprint density at radius 3 is 2.24 bits per heavy atom. The number of rotatable bonds is 5. The largest absolute Gasteiger partial charge is 0.478 e. The van der Waals surface area contributed by atoms with Crippen LogP contribution in [0, 0.1) is 0 Å². The van der Waals surface area contributed by atoms with Gasteiger partial charge in [-0.1, -0.05) is 48.5 Å². The van der Waals surface area contributed by atoms with E-state index in [0.717, 1.165) is 40.0 Å². The molecule has 5 rings (SSSR count). The first-order chi connectivity index (χ1) is 14.1. The Kier molecular flexibility index (Phi) is 4.36. The maximum Gasteiger partial charge on any atom is 0.412 e. The number of carbonyl (C=O) groups excluding carboxylic acids is 1. The summed E-state index contributed by atoms with van der Waals surface area (Å²) in [6.07, 6.45) is 1.52. The number of carbonyl (C=O) groups is 2. The summed E-state index contributed by atoms with van der Waals surface area (Å²) in [5, 5.41) is 12.4. The van der Waals surface area contributed by atoms with Crippen molar-refractivity contribution in [3.05, 3.63) is 76.2 Å². The minimum absolute atomic E-state index is 0.0301. The molecule has 0 aliphatic heterocycles. The predicted octanol–water partition coefficient (Wildman–Crippen LogP) is 5.68. The van der Waals surface area contributed by atoms with Gasteiger partial charge in [0.15, 0.2) is 0 Å². The quantitative estimate of drug-likeness (QED) is 0.572. The maximum absolute atomic E-state index is 12.4. The average molecular weight is 405 g/mol. The van der Waals surface area contributed by atoms with Crippen molar-refractivity contribution in [2.45, 2.75) is 24.7 Å². The van der Waals surface area contributed by atoms with Crippen LogP contribution < -0.4 is 5.32 Å². The van der Waals surface area contributed by atoms with Crippen LogP contribution in [-0.2, 0) is 4.74 Å². The highest BCUT2D eigenvalue weighted by atomic mass is 32.1. The van der Waals surface area contributed by atoms with Gasteiger partial charge in [0.1, 0.15) is 11.6 Å². The molecule has 2 N–H and O–H groups in total. The van der Waals surface area contributed by atoms with Gasteiger partial charge < -0.3 is 9.84 Å². The van der Waals surface area contributed by atoms with Gasteiger partial charge in [-0.3, -0.25) is 5.32 Å². The van der Waals surface area contributed by atoms with Gasteiger partial charge in [-0.2, -0.15) is 0 Å². The molecule has 0 unspecified atom stereocenters. The van der Waals surface area contributed by atoms with E-state index in [0.29, 0.717) is 10.9 Å². The molecule has 6 heteroatoms. The third-order valence-corrected chi connectivity index (χ3v) is 6.73. The summed E-state index contributed by atoms with van der Waals surface area (Å²) in [6, 6.07) is 17.9. The zero-order valence-electron chi connectivity index (χ0n) is 15.6. The number of hydrogen-bond donors (Lipinski definition) is 2. The number of thiophene rings is 1. The van der Waals surface area contributed by atoms with Gasteiger partial charge in [0.25, 0.3) is 0 Å². The first-order valence-corrected chi connectivity index (χ1v) is 10.4. The number of ether oxygens (including phenoxy) is 1. The van der Waals surface area contributed by atoms with Crippen LogP contribution >= 0.6 is 11.3 Å². The first-order valence-electron chi connectivity index (χ1n) is 9.61. The van der Waals surface area contributed by atoms with E-state index in [9.17, 15) is 14.7 Å². The Bertz CT molecular complexity index is 1070. The lowest BCUT2D eigenvalue weighted by Gasteiger charge is -2.14. The normalized spacial score (nSPS) is 14.9. The van der Waals surface area contributed by atoms with E-state index in [1.807, 2.05) is 24.3 Å². The zero-order valence-corrected chi connectivity index (χ0v) is 16.4. The second-order valence-corrected chi connectivity index (χ2v) is 8.51.